The summed E-state index contributed by atoms with van der Waals surface area (Å²) < 4.78 is 18.4. The van der Waals surface area contributed by atoms with Gasteiger partial charge in [0.05, 0.1) is 0 Å². The molecule has 0 saturated carbocycles. The number of nitrogens with two attached hydrogens (primary N) is 1. The molecular formula is C12H16FN3O3. The molecule has 4 N–H and O–H groups in total. The van der Waals surface area contributed by atoms with Gasteiger partial charge in [0.25, 0.3) is 5.91 Å². The van der Waals surface area contributed by atoms with E-state index in [1.807, 2.05) is 0 Å². The van der Waals surface area contributed by atoms with Gasteiger partial charge in [-0.3, -0.25) is 10.1 Å². The van der Waals surface area contributed by atoms with Gasteiger partial charge in [-0.05, 0) is 25.1 Å². The molecule has 104 valence electrons. The van der Waals surface area contributed by atoms with Crippen LogP contribution in [0.2, 0.25) is 0 Å². The van der Waals surface area contributed by atoms with Crippen LogP contribution in [0.1, 0.15) is 12.5 Å². The maximum Gasteiger partial charge on any atom is 0.321 e. The third kappa shape index (κ3) is 4.22. The molecule has 1 rings (SSSR count). The van der Waals surface area contributed by atoms with Gasteiger partial charge in [0.1, 0.15) is 11.6 Å². The Morgan fingerprint density at radius 1 is 1.47 bits per heavy atom. The Hall–Kier alpha value is -2.15. The van der Waals surface area contributed by atoms with Crippen molar-refractivity contribution in [3.05, 3.63) is 29.6 Å². The lowest BCUT2D eigenvalue weighted by Crippen LogP contribution is -2.44. The van der Waals surface area contributed by atoms with Gasteiger partial charge in [0.15, 0.2) is 6.10 Å². The maximum absolute atomic E-state index is 13.0. The van der Waals surface area contributed by atoms with E-state index in [-0.39, 0.29) is 6.54 Å². The van der Waals surface area contributed by atoms with Gasteiger partial charge in [0.2, 0.25) is 0 Å². The highest BCUT2D eigenvalue weighted by Crippen LogP contribution is 2.20. The predicted octanol–water partition coefficient (Wildman–Crippen LogP) is 0.507. The Kier molecular flexibility index (Phi) is 5.25. The molecule has 3 amide bonds. The van der Waals surface area contributed by atoms with Gasteiger partial charge in [-0.1, -0.05) is 0 Å². The largest absolute Gasteiger partial charge is 0.481 e. The first-order valence-corrected chi connectivity index (χ1v) is 5.65. The molecule has 0 saturated heterocycles. The lowest BCUT2D eigenvalue weighted by atomic mass is 10.2. The number of urea groups is 1. The summed E-state index contributed by atoms with van der Waals surface area (Å²) in [4.78, 5) is 22.6. The summed E-state index contributed by atoms with van der Waals surface area (Å²) in [6.07, 6.45) is -0.909. The summed E-state index contributed by atoms with van der Waals surface area (Å²) in [6.45, 7) is 1.55. The standard InChI is InChI=1S/C12H16FN3O3/c1-7(11(17)16-12(18)15-2)19-10-4-3-9(13)5-8(10)6-14/h3-5,7H,6,14H2,1-2H3,(H2,15,16,17,18). The molecule has 1 unspecified atom stereocenters. The van der Waals surface area contributed by atoms with E-state index in [2.05, 4.69) is 10.6 Å². The minimum Gasteiger partial charge on any atom is -0.481 e. The molecule has 0 bridgehead atoms. The summed E-state index contributed by atoms with van der Waals surface area (Å²) in [5, 5.41) is 4.33. The zero-order chi connectivity index (χ0) is 14.4. The van der Waals surface area contributed by atoms with Crippen LogP contribution < -0.4 is 21.1 Å². The number of amides is 3. The SMILES string of the molecule is CNC(=O)NC(=O)C(C)Oc1ccc(F)cc1CN. The first-order valence-electron chi connectivity index (χ1n) is 5.65. The highest BCUT2D eigenvalue weighted by atomic mass is 19.1. The van der Waals surface area contributed by atoms with Crippen LogP contribution in [0.25, 0.3) is 0 Å². The second-order valence-electron chi connectivity index (χ2n) is 3.78. The first-order chi connectivity index (χ1) is 8.97. The molecule has 0 aromatic heterocycles. The van der Waals surface area contributed by atoms with Gasteiger partial charge in [0, 0.05) is 19.2 Å². The van der Waals surface area contributed by atoms with Crippen molar-refractivity contribution >= 4 is 11.9 Å². The number of hydrogen-bond donors (Lipinski definition) is 3. The molecule has 0 radical (unpaired) electrons. The lowest BCUT2D eigenvalue weighted by molar-refractivity contribution is -0.126. The summed E-state index contributed by atoms with van der Waals surface area (Å²) in [6, 6.07) is 3.20. The van der Waals surface area contributed by atoms with Crippen LogP contribution in [0.4, 0.5) is 9.18 Å². The summed E-state index contributed by atoms with van der Waals surface area (Å²) in [7, 11) is 1.39. The third-order valence-electron chi connectivity index (χ3n) is 2.38. The summed E-state index contributed by atoms with van der Waals surface area (Å²) in [5.41, 5.74) is 5.91. The van der Waals surface area contributed by atoms with Gasteiger partial charge < -0.3 is 15.8 Å². The quantitative estimate of drug-likeness (QED) is 0.742. The molecule has 7 heteroatoms. The molecule has 0 aliphatic rings. The third-order valence-corrected chi connectivity index (χ3v) is 2.38. The summed E-state index contributed by atoms with van der Waals surface area (Å²) >= 11 is 0. The highest BCUT2D eigenvalue weighted by molar-refractivity contribution is 5.96. The van der Waals surface area contributed by atoms with E-state index in [0.717, 1.165) is 0 Å². The molecule has 0 heterocycles. The second kappa shape index (κ2) is 6.69. The van der Waals surface area contributed by atoms with E-state index >= 15 is 0 Å². The molecular weight excluding hydrogens is 253 g/mol. The molecule has 1 atom stereocenters. The number of halogens is 1. The van der Waals surface area contributed by atoms with Crippen molar-refractivity contribution in [1.29, 1.82) is 0 Å². The number of benzene rings is 1. The number of carbonyl (C=O) groups is 2. The van der Waals surface area contributed by atoms with E-state index in [1.165, 1.54) is 32.2 Å². The van der Waals surface area contributed by atoms with E-state index in [1.54, 1.807) is 0 Å². The number of imide groups is 1. The number of ether oxygens (including phenoxy) is 1. The fourth-order valence-corrected chi connectivity index (χ4v) is 1.34. The average molecular weight is 269 g/mol. The fourth-order valence-electron chi connectivity index (χ4n) is 1.34. The van der Waals surface area contributed by atoms with E-state index in [4.69, 9.17) is 10.5 Å². The minimum absolute atomic E-state index is 0.0802. The molecule has 0 fully saturated rings. The minimum atomic E-state index is -0.909. The lowest BCUT2D eigenvalue weighted by Gasteiger charge is -2.16. The molecule has 0 aliphatic carbocycles. The zero-order valence-electron chi connectivity index (χ0n) is 10.7. The monoisotopic (exact) mass is 269 g/mol. The summed E-state index contributed by atoms with van der Waals surface area (Å²) in [5.74, 6) is -0.731. The van der Waals surface area contributed by atoms with Crippen molar-refractivity contribution in [3.63, 3.8) is 0 Å². The van der Waals surface area contributed by atoms with E-state index in [0.29, 0.717) is 11.3 Å². The Morgan fingerprint density at radius 2 is 2.16 bits per heavy atom. The molecule has 1 aromatic carbocycles. The van der Waals surface area contributed by atoms with E-state index < -0.39 is 23.9 Å². The van der Waals surface area contributed by atoms with Crippen LogP contribution in [0.15, 0.2) is 18.2 Å². The Labute approximate surface area is 110 Å². The predicted molar refractivity (Wildman–Crippen MR) is 67.0 cm³/mol. The normalized spacial score (nSPS) is 11.6. The smallest absolute Gasteiger partial charge is 0.321 e. The number of nitrogens with one attached hydrogen (secondary N) is 2. The van der Waals surface area contributed by atoms with Gasteiger partial charge >= 0.3 is 6.03 Å². The molecule has 0 aliphatic heterocycles. The number of carbonyl (C=O) groups excluding carboxylic acids is 2. The van der Waals surface area contributed by atoms with E-state index in [9.17, 15) is 14.0 Å². The molecule has 6 nitrogen and oxygen atoms in total. The van der Waals surface area contributed by atoms with Crippen molar-refractivity contribution < 1.29 is 18.7 Å². The van der Waals surface area contributed by atoms with Gasteiger partial charge in [-0.2, -0.15) is 0 Å². The van der Waals surface area contributed by atoms with Crippen LogP contribution in [0.3, 0.4) is 0 Å². The number of rotatable bonds is 4. The number of hydrogen-bond acceptors (Lipinski definition) is 4. The van der Waals surface area contributed by atoms with Crippen molar-refractivity contribution in [3.8, 4) is 5.75 Å². The van der Waals surface area contributed by atoms with Crippen LogP contribution in [-0.4, -0.2) is 25.1 Å². The van der Waals surface area contributed by atoms with Gasteiger partial charge in [-0.15, -0.1) is 0 Å². The van der Waals surface area contributed by atoms with Crippen LogP contribution in [0, 0.1) is 5.82 Å². The Bertz CT molecular complexity index is 479. The topological polar surface area (TPSA) is 93.5 Å². The van der Waals surface area contributed by atoms with Crippen LogP contribution >= 0.6 is 0 Å². The van der Waals surface area contributed by atoms with Crippen molar-refractivity contribution in [2.24, 2.45) is 5.73 Å². The van der Waals surface area contributed by atoms with Crippen molar-refractivity contribution in [2.45, 2.75) is 19.6 Å². The maximum atomic E-state index is 13.0. The molecule has 1 aromatic rings. The fraction of sp³-hybridized carbons (Fsp3) is 0.333. The van der Waals surface area contributed by atoms with Crippen molar-refractivity contribution in [1.82, 2.24) is 10.6 Å². The Morgan fingerprint density at radius 3 is 2.74 bits per heavy atom. The first kappa shape index (κ1) is 14.9. The average Bonchev–Trinajstić information content (AvgIpc) is 2.40. The van der Waals surface area contributed by atoms with Crippen molar-refractivity contribution in [2.75, 3.05) is 7.05 Å². The zero-order valence-corrected chi connectivity index (χ0v) is 10.7. The van der Waals surface area contributed by atoms with Crippen LogP contribution in [0.5, 0.6) is 5.75 Å². The highest BCUT2D eigenvalue weighted by Gasteiger charge is 2.18. The Balaban J connectivity index is 2.73. The molecule has 19 heavy (non-hydrogen) atoms. The van der Waals surface area contributed by atoms with Gasteiger partial charge in [-0.25, -0.2) is 9.18 Å². The molecule has 0 spiro atoms. The van der Waals surface area contributed by atoms with Crippen LogP contribution in [-0.2, 0) is 11.3 Å². The second-order valence-corrected chi connectivity index (χ2v) is 3.78.